The molecule has 188 valence electrons. The van der Waals surface area contributed by atoms with Crippen molar-refractivity contribution in [3.8, 4) is 0 Å². The molecule has 1 aromatic carbocycles. The highest BCUT2D eigenvalue weighted by molar-refractivity contribution is 5.97. The molecule has 0 radical (unpaired) electrons. The Morgan fingerprint density at radius 3 is 2.57 bits per heavy atom. The molecular formula is C25H34N6O4. The molecule has 2 aliphatic rings. The summed E-state index contributed by atoms with van der Waals surface area (Å²) in [5.74, 6) is -2.71. The van der Waals surface area contributed by atoms with Gasteiger partial charge in [-0.2, -0.15) is 0 Å². The third kappa shape index (κ3) is 4.31. The molecule has 10 heteroatoms. The van der Waals surface area contributed by atoms with Gasteiger partial charge in [-0.15, -0.1) is 5.10 Å². The predicted molar refractivity (Wildman–Crippen MR) is 129 cm³/mol. The second kappa shape index (κ2) is 10.2. The molecule has 3 N–H and O–H groups in total. The SMILES string of the molecule is CC[C@@H]1C=C[C@H]2[C@@H](C(=O)N([C@@H](CO)C(C)C)[C@@H]2C(=O)NCn2nnc3ccccc32)[C@@H]1C(=O)NC. The molecule has 3 amide bonds. The van der Waals surface area contributed by atoms with E-state index in [1.807, 2.05) is 57.2 Å². The van der Waals surface area contributed by atoms with E-state index in [1.165, 1.54) is 4.90 Å². The smallest absolute Gasteiger partial charge is 0.244 e. The summed E-state index contributed by atoms with van der Waals surface area (Å²) < 4.78 is 1.59. The lowest BCUT2D eigenvalue weighted by Crippen LogP contribution is -2.54. The molecule has 1 aliphatic heterocycles. The van der Waals surface area contributed by atoms with E-state index in [9.17, 15) is 19.5 Å². The highest BCUT2D eigenvalue weighted by Crippen LogP contribution is 2.46. The van der Waals surface area contributed by atoms with Crippen molar-refractivity contribution in [3.05, 3.63) is 36.4 Å². The average Bonchev–Trinajstić information content (AvgIpc) is 3.40. The first-order chi connectivity index (χ1) is 16.8. The van der Waals surface area contributed by atoms with Crippen LogP contribution in [0.25, 0.3) is 11.0 Å². The molecule has 0 unspecified atom stereocenters. The monoisotopic (exact) mass is 482 g/mol. The number of likely N-dealkylation sites (tertiary alicyclic amines) is 1. The fourth-order valence-corrected chi connectivity index (χ4v) is 5.63. The van der Waals surface area contributed by atoms with E-state index < -0.39 is 29.8 Å². The highest BCUT2D eigenvalue weighted by atomic mass is 16.3. The van der Waals surface area contributed by atoms with Crippen LogP contribution in [0.3, 0.4) is 0 Å². The number of amides is 3. The van der Waals surface area contributed by atoms with Crippen molar-refractivity contribution in [1.82, 2.24) is 30.5 Å². The summed E-state index contributed by atoms with van der Waals surface area (Å²) in [5.41, 5.74) is 1.50. The van der Waals surface area contributed by atoms with Gasteiger partial charge in [-0.3, -0.25) is 14.4 Å². The Labute approximate surface area is 204 Å². The molecule has 0 bridgehead atoms. The molecule has 2 heterocycles. The van der Waals surface area contributed by atoms with Crippen LogP contribution in [-0.4, -0.2) is 68.5 Å². The molecule has 0 saturated carbocycles. The zero-order chi connectivity index (χ0) is 25.3. The van der Waals surface area contributed by atoms with Crippen molar-refractivity contribution in [1.29, 1.82) is 0 Å². The lowest BCUT2D eigenvalue weighted by molar-refractivity contribution is -0.144. The van der Waals surface area contributed by atoms with Crippen LogP contribution in [0, 0.1) is 29.6 Å². The van der Waals surface area contributed by atoms with Crippen molar-refractivity contribution < 1.29 is 19.5 Å². The van der Waals surface area contributed by atoms with Crippen molar-refractivity contribution in [2.75, 3.05) is 13.7 Å². The summed E-state index contributed by atoms with van der Waals surface area (Å²) in [6, 6.07) is 6.05. The number of nitrogens with one attached hydrogen (secondary N) is 2. The van der Waals surface area contributed by atoms with Crippen LogP contribution in [0.15, 0.2) is 36.4 Å². The molecule has 35 heavy (non-hydrogen) atoms. The Morgan fingerprint density at radius 1 is 1.17 bits per heavy atom. The van der Waals surface area contributed by atoms with E-state index in [2.05, 4.69) is 20.9 Å². The molecule has 1 saturated heterocycles. The third-order valence-corrected chi connectivity index (χ3v) is 7.47. The summed E-state index contributed by atoms with van der Waals surface area (Å²) in [5, 5.41) is 24.0. The van der Waals surface area contributed by atoms with Crippen LogP contribution in [0.2, 0.25) is 0 Å². The molecule has 1 fully saturated rings. The van der Waals surface area contributed by atoms with Gasteiger partial charge in [0.15, 0.2) is 0 Å². The number of allylic oxidation sites excluding steroid dienone is 1. The topological polar surface area (TPSA) is 129 Å². The first kappa shape index (κ1) is 24.8. The Balaban J connectivity index is 1.68. The number of hydrogen-bond donors (Lipinski definition) is 3. The second-order valence-electron chi connectivity index (χ2n) is 9.66. The third-order valence-electron chi connectivity index (χ3n) is 7.47. The zero-order valence-corrected chi connectivity index (χ0v) is 20.6. The Kier molecular flexibility index (Phi) is 7.20. The Morgan fingerprint density at radius 2 is 1.91 bits per heavy atom. The van der Waals surface area contributed by atoms with Gasteiger partial charge in [0.1, 0.15) is 18.2 Å². The largest absolute Gasteiger partial charge is 0.394 e. The number of aliphatic hydroxyl groups is 1. The molecule has 1 aromatic heterocycles. The van der Waals surface area contributed by atoms with Crippen molar-refractivity contribution in [3.63, 3.8) is 0 Å². The summed E-state index contributed by atoms with van der Waals surface area (Å²) in [6.45, 7) is 5.62. The standard InChI is InChI=1S/C25H34N6O4/c1-5-15-10-11-16-21(20(15)23(33)26-4)25(35)31(19(12-32)14(2)3)22(16)24(34)27-13-30-18-9-7-6-8-17(18)28-29-30/h6-11,14-16,19-22,32H,5,12-13H2,1-4H3,(H,26,33)(H,27,34)/t15-,16+,19+,20-,21-,22+/m1/s1. The molecule has 0 spiro atoms. The quantitative estimate of drug-likeness (QED) is 0.480. The number of rotatable bonds is 8. The fourth-order valence-electron chi connectivity index (χ4n) is 5.63. The van der Waals surface area contributed by atoms with Crippen LogP contribution in [0.4, 0.5) is 0 Å². The van der Waals surface area contributed by atoms with Crippen LogP contribution >= 0.6 is 0 Å². The van der Waals surface area contributed by atoms with Crippen molar-refractivity contribution >= 4 is 28.8 Å². The number of para-hydroxylation sites is 1. The van der Waals surface area contributed by atoms with Crippen LogP contribution in [-0.2, 0) is 21.1 Å². The lowest BCUT2D eigenvalue weighted by atomic mass is 9.69. The second-order valence-corrected chi connectivity index (χ2v) is 9.66. The number of nitrogens with zero attached hydrogens (tertiary/aromatic N) is 4. The summed E-state index contributed by atoms with van der Waals surface area (Å²) in [7, 11) is 1.57. The van der Waals surface area contributed by atoms with E-state index in [-0.39, 0.29) is 42.8 Å². The van der Waals surface area contributed by atoms with Gasteiger partial charge in [0.2, 0.25) is 17.7 Å². The molecule has 1 aliphatic carbocycles. The van der Waals surface area contributed by atoms with Crippen LogP contribution < -0.4 is 10.6 Å². The first-order valence-corrected chi connectivity index (χ1v) is 12.2. The minimum absolute atomic E-state index is 0.0805. The van der Waals surface area contributed by atoms with Gasteiger partial charge >= 0.3 is 0 Å². The summed E-state index contributed by atoms with van der Waals surface area (Å²) >= 11 is 0. The van der Waals surface area contributed by atoms with Gasteiger partial charge in [0, 0.05) is 13.0 Å². The van der Waals surface area contributed by atoms with Gasteiger partial charge in [-0.05, 0) is 30.4 Å². The number of hydrogen-bond acceptors (Lipinski definition) is 6. The van der Waals surface area contributed by atoms with E-state index in [0.717, 1.165) is 5.52 Å². The molecule has 4 rings (SSSR count). The van der Waals surface area contributed by atoms with E-state index in [1.54, 1.807) is 11.7 Å². The minimum atomic E-state index is -0.844. The van der Waals surface area contributed by atoms with Gasteiger partial charge in [-0.25, -0.2) is 4.68 Å². The lowest BCUT2D eigenvalue weighted by Gasteiger charge is -2.35. The van der Waals surface area contributed by atoms with Crippen molar-refractivity contribution in [2.45, 2.75) is 45.9 Å². The highest BCUT2D eigenvalue weighted by Gasteiger charge is 2.58. The fraction of sp³-hybridized carbons (Fsp3) is 0.560. The minimum Gasteiger partial charge on any atom is -0.394 e. The Bertz CT molecular complexity index is 1130. The van der Waals surface area contributed by atoms with Gasteiger partial charge < -0.3 is 20.6 Å². The average molecular weight is 483 g/mol. The van der Waals surface area contributed by atoms with E-state index >= 15 is 0 Å². The summed E-state index contributed by atoms with van der Waals surface area (Å²) in [6.07, 6.45) is 4.58. The molecule has 2 aromatic rings. The number of carbonyl (C=O) groups excluding carboxylic acids is 3. The zero-order valence-electron chi connectivity index (χ0n) is 20.6. The number of aliphatic hydroxyl groups excluding tert-OH is 1. The van der Waals surface area contributed by atoms with Crippen LogP contribution in [0.1, 0.15) is 27.2 Å². The normalized spacial score (nSPS) is 26.7. The van der Waals surface area contributed by atoms with Gasteiger partial charge in [0.25, 0.3) is 0 Å². The van der Waals surface area contributed by atoms with E-state index in [0.29, 0.717) is 11.9 Å². The van der Waals surface area contributed by atoms with E-state index in [4.69, 9.17) is 0 Å². The number of benzene rings is 1. The number of fused-ring (bicyclic) bond motifs is 2. The number of aromatic nitrogens is 3. The Hall–Kier alpha value is -3.27. The number of carbonyl (C=O) groups is 3. The van der Waals surface area contributed by atoms with Crippen molar-refractivity contribution in [2.24, 2.45) is 29.6 Å². The maximum absolute atomic E-state index is 13.9. The van der Waals surface area contributed by atoms with Gasteiger partial charge in [0.05, 0.1) is 30.0 Å². The molecular weight excluding hydrogens is 448 g/mol. The predicted octanol–water partition coefficient (Wildman–Crippen LogP) is 0.923. The van der Waals surface area contributed by atoms with Crippen LogP contribution in [0.5, 0.6) is 0 Å². The molecule has 6 atom stereocenters. The summed E-state index contributed by atoms with van der Waals surface area (Å²) in [4.78, 5) is 41.9. The first-order valence-electron chi connectivity index (χ1n) is 12.2. The van der Waals surface area contributed by atoms with Gasteiger partial charge in [-0.1, -0.05) is 50.3 Å². The molecule has 10 nitrogen and oxygen atoms in total. The maximum Gasteiger partial charge on any atom is 0.244 e. The maximum atomic E-state index is 13.9.